The lowest BCUT2D eigenvalue weighted by Crippen LogP contribution is -2.07. The summed E-state index contributed by atoms with van der Waals surface area (Å²) in [4.78, 5) is 14.7. The Morgan fingerprint density at radius 2 is 2.25 bits per heavy atom. The lowest BCUT2D eigenvalue weighted by molar-refractivity contribution is 0.111. The molecule has 16 heavy (non-hydrogen) atoms. The standard InChI is InChI=1S/C12H12N2O2/c15-9-11-3-1-2-4-12(11)16-8-7-14-6-5-13-10-14/h1-6,9-10H,7-8H2. The Labute approximate surface area is 93.5 Å². The molecule has 2 rings (SSSR count). The van der Waals surface area contributed by atoms with E-state index in [1.54, 1.807) is 24.7 Å². The minimum Gasteiger partial charge on any atom is -0.491 e. The molecular formula is C12H12N2O2. The fraction of sp³-hybridized carbons (Fsp3) is 0.167. The quantitative estimate of drug-likeness (QED) is 0.715. The van der Waals surface area contributed by atoms with Crippen LogP contribution in [0, 0.1) is 0 Å². The molecule has 0 radical (unpaired) electrons. The number of rotatable bonds is 5. The summed E-state index contributed by atoms with van der Waals surface area (Å²) in [5.74, 6) is 0.623. The molecule has 2 aromatic rings. The van der Waals surface area contributed by atoms with Crippen molar-refractivity contribution in [1.82, 2.24) is 9.55 Å². The molecule has 0 bridgehead atoms. The molecule has 0 spiro atoms. The molecule has 0 unspecified atom stereocenters. The van der Waals surface area contributed by atoms with Crippen molar-refractivity contribution in [3.8, 4) is 5.75 Å². The van der Waals surface area contributed by atoms with Gasteiger partial charge in [-0.2, -0.15) is 0 Å². The van der Waals surface area contributed by atoms with Crippen molar-refractivity contribution in [3.05, 3.63) is 48.5 Å². The molecule has 0 amide bonds. The molecule has 0 saturated carbocycles. The van der Waals surface area contributed by atoms with Gasteiger partial charge in [-0.15, -0.1) is 0 Å². The fourth-order valence-electron chi connectivity index (χ4n) is 1.39. The average Bonchev–Trinajstić information content (AvgIpc) is 2.83. The third-order valence-electron chi connectivity index (χ3n) is 2.21. The van der Waals surface area contributed by atoms with Crippen LogP contribution in [0.25, 0.3) is 0 Å². The molecule has 82 valence electrons. The van der Waals surface area contributed by atoms with Gasteiger partial charge in [-0.25, -0.2) is 4.98 Å². The third kappa shape index (κ3) is 2.48. The summed E-state index contributed by atoms with van der Waals surface area (Å²) >= 11 is 0. The average molecular weight is 216 g/mol. The number of hydrogen-bond acceptors (Lipinski definition) is 3. The SMILES string of the molecule is O=Cc1ccccc1OCCn1ccnc1. The van der Waals surface area contributed by atoms with Crippen LogP contribution >= 0.6 is 0 Å². The Bertz CT molecular complexity index is 452. The second kappa shape index (κ2) is 5.11. The molecule has 0 aliphatic rings. The van der Waals surface area contributed by atoms with Crippen molar-refractivity contribution >= 4 is 6.29 Å². The summed E-state index contributed by atoms with van der Waals surface area (Å²) in [5.41, 5.74) is 0.577. The van der Waals surface area contributed by atoms with E-state index in [0.29, 0.717) is 24.5 Å². The molecule has 0 fully saturated rings. The Morgan fingerprint density at radius 3 is 3.00 bits per heavy atom. The number of nitrogens with zero attached hydrogens (tertiary/aromatic N) is 2. The van der Waals surface area contributed by atoms with Crippen LogP contribution in [-0.2, 0) is 6.54 Å². The van der Waals surface area contributed by atoms with Gasteiger partial charge in [-0.3, -0.25) is 4.79 Å². The van der Waals surface area contributed by atoms with E-state index in [0.717, 1.165) is 6.29 Å². The number of imidazole rings is 1. The molecule has 0 aliphatic heterocycles. The number of aromatic nitrogens is 2. The Morgan fingerprint density at radius 1 is 1.38 bits per heavy atom. The van der Waals surface area contributed by atoms with E-state index in [1.165, 1.54) is 0 Å². The van der Waals surface area contributed by atoms with Gasteiger partial charge >= 0.3 is 0 Å². The molecule has 1 aromatic carbocycles. The van der Waals surface area contributed by atoms with Gasteiger partial charge in [0, 0.05) is 12.4 Å². The Hall–Kier alpha value is -2.10. The number of carbonyl (C=O) groups is 1. The van der Waals surface area contributed by atoms with Crippen molar-refractivity contribution in [2.24, 2.45) is 0 Å². The molecular weight excluding hydrogens is 204 g/mol. The van der Waals surface area contributed by atoms with E-state index in [1.807, 2.05) is 22.9 Å². The topological polar surface area (TPSA) is 44.1 Å². The maximum Gasteiger partial charge on any atom is 0.153 e. The van der Waals surface area contributed by atoms with E-state index >= 15 is 0 Å². The molecule has 0 aliphatic carbocycles. The maximum absolute atomic E-state index is 10.7. The second-order valence-corrected chi connectivity index (χ2v) is 3.30. The fourth-order valence-corrected chi connectivity index (χ4v) is 1.39. The second-order valence-electron chi connectivity index (χ2n) is 3.30. The zero-order valence-electron chi connectivity index (χ0n) is 8.74. The van der Waals surface area contributed by atoms with Gasteiger partial charge in [-0.1, -0.05) is 12.1 Å². The first-order valence-corrected chi connectivity index (χ1v) is 5.03. The number of ether oxygens (including phenoxy) is 1. The minimum atomic E-state index is 0.515. The predicted octanol–water partition coefficient (Wildman–Crippen LogP) is 1.77. The van der Waals surface area contributed by atoms with Gasteiger partial charge in [0.15, 0.2) is 6.29 Å². The summed E-state index contributed by atoms with van der Waals surface area (Å²) in [6.07, 6.45) is 6.12. The largest absolute Gasteiger partial charge is 0.491 e. The first-order valence-electron chi connectivity index (χ1n) is 5.03. The first-order chi connectivity index (χ1) is 7.90. The molecule has 1 aromatic heterocycles. The summed E-state index contributed by atoms with van der Waals surface area (Å²) < 4.78 is 7.44. The van der Waals surface area contributed by atoms with Crippen molar-refractivity contribution in [3.63, 3.8) is 0 Å². The van der Waals surface area contributed by atoms with Gasteiger partial charge in [0.2, 0.25) is 0 Å². The highest BCUT2D eigenvalue weighted by atomic mass is 16.5. The van der Waals surface area contributed by atoms with E-state index < -0.39 is 0 Å². The highest BCUT2D eigenvalue weighted by molar-refractivity contribution is 5.79. The van der Waals surface area contributed by atoms with Crippen molar-refractivity contribution in [1.29, 1.82) is 0 Å². The first kappa shape index (κ1) is 10.4. The van der Waals surface area contributed by atoms with Crippen LogP contribution in [-0.4, -0.2) is 22.4 Å². The number of benzene rings is 1. The smallest absolute Gasteiger partial charge is 0.153 e. The van der Waals surface area contributed by atoms with Crippen LogP contribution in [0.3, 0.4) is 0 Å². The van der Waals surface area contributed by atoms with Gasteiger partial charge in [0.05, 0.1) is 18.4 Å². The molecule has 4 nitrogen and oxygen atoms in total. The molecule has 0 N–H and O–H groups in total. The monoisotopic (exact) mass is 216 g/mol. The zero-order chi connectivity index (χ0) is 11.2. The van der Waals surface area contributed by atoms with Crippen LogP contribution in [0.2, 0.25) is 0 Å². The predicted molar refractivity (Wildman–Crippen MR) is 59.6 cm³/mol. The van der Waals surface area contributed by atoms with Gasteiger partial charge in [0.1, 0.15) is 12.4 Å². The van der Waals surface area contributed by atoms with Crippen molar-refractivity contribution < 1.29 is 9.53 Å². The summed E-state index contributed by atoms with van der Waals surface area (Å²) in [6.45, 7) is 1.23. The molecule has 0 saturated heterocycles. The van der Waals surface area contributed by atoms with Crippen LogP contribution in [0.15, 0.2) is 43.0 Å². The maximum atomic E-state index is 10.7. The van der Waals surface area contributed by atoms with Crippen LogP contribution in [0.1, 0.15) is 10.4 Å². The summed E-state index contributed by atoms with van der Waals surface area (Å²) in [7, 11) is 0. The van der Waals surface area contributed by atoms with Crippen LogP contribution in [0.4, 0.5) is 0 Å². The highest BCUT2D eigenvalue weighted by Crippen LogP contribution is 2.15. The third-order valence-corrected chi connectivity index (χ3v) is 2.21. The van der Waals surface area contributed by atoms with E-state index in [4.69, 9.17) is 4.74 Å². The lowest BCUT2D eigenvalue weighted by atomic mass is 10.2. The number of hydrogen-bond donors (Lipinski definition) is 0. The van der Waals surface area contributed by atoms with Crippen molar-refractivity contribution in [2.45, 2.75) is 6.54 Å². The minimum absolute atomic E-state index is 0.515. The van der Waals surface area contributed by atoms with Gasteiger partial charge < -0.3 is 9.30 Å². The summed E-state index contributed by atoms with van der Waals surface area (Å²) in [5, 5.41) is 0. The summed E-state index contributed by atoms with van der Waals surface area (Å²) in [6, 6.07) is 7.18. The van der Waals surface area contributed by atoms with E-state index in [9.17, 15) is 4.79 Å². The van der Waals surface area contributed by atoms with Gasteiger partial charge in [0.25, 0.3) is 0 Å². The number of carbonyl (C=O) groups excluding carboxylic acids is 1. The molecule has 4 heteroatoms. The lowest BCUT2D eigenvalue weighted by Gasteiger charge is -2.08. The number of para-hydroxylation sites is 1. The molecule has 0 atom stereocenters. The Kier molecular flexibility index (Phi) is 3.33. The van der Waals surface area contributed by atoms with E-state index in [-0.39, 0.29) is 0 Å². The normalized spacial score (nSPS) is 10.0. The van der Waals surface area contributed by atoms with Crippen LogP contribution in [0.5, 0.6) is 5.75 Å². The van der Waals surface area contributed by atoms with Gasteiger partial charge in [-0.05, 0) is 12.1 Å². The number of aldehydes is 1. The Balaban J connectivity index is 1.92. The molecule has 1 heterocycles. The van der Waals surface area contributed by atoms with Crippen molar-refractivity contribution in [2.75, 3.05) is 6.61 Å². The van der Waals surface area contributed by atoms with Crippen LogP contribution < -0.4 is 4.74 Å². The zero-order valence-corrected chi connectivity index (χ0v) is 8.74. The highest BCUT2D eigenvalue weighted by Gasteiger charge is 2.00. The van der Waals surface area contributed by atoms with E-state index in [2.05, 4.69) is 4.98 Å².